The molecule has 1 atom stereocenters. The Labute approximate surface area is 85.8 Å². The highest BCUT2D eigenvalue weighted by Crippen LogP contribution is 2.26. The van der Waals surface area contributed by atoms with E-state index in [4.69, 9.17) is 14.7 Å². The molecular formula is C9H11NO3S. The molecule has 1 unspecified atom stereocenters. The molecule has 1 aliphatic heterocycles. The van der Waals surface area contributed by atoms with Gasteiger partial charge in [-0.2, -0.15) is 0 Å². The molecule has 1 aliphatic rings. The van der Waals surface area contributed by atoms with Crippen LogP contribution in [0.2, 0.25) is 0 Å². The van der Waals surface area contributed by atoms with E-state index in [0.717, 1.165) is 16.5 Å². The Bertz CT molecular complexity index is 344. The Hall–Kier alpha value is -1.07. The minimum Gasteiger partial charge on any atom is -0.481 e. The van der Waals surface area contributed by atoms with Gasteiger partial charge in [-0.3, -0.25) is 0 Å². The SMILES string of the molecule is CC(=NO)c1ccc(OCC2CO2)s1. The molecule has 2 heterocycles. The van der Waals surface area contributed by atoms with Gasteiger partial charge >= 0.3 is 0 Å². The highest BCUT2D eigenvalue weighted by atomic mass is 32.1. The molecular weight excluding hydrogens is 202 g/mol. The first-order chi connectivity index (χ1) is 6.79. The van der Waals surface area contributed by atoms with E-state index in [1.54, 1.807) is 6.92 Å². The molecule has 1 fully saturated rings. The predicted molar refractivity (Wildman–Crippen MR) is 53.6 cm³/mol. The molecule has 2 rings (SSSR count). The molecule has 1 N–H and O–H groups in total. The fourth-order valence-electron chi connectivity index (χ4n) is 0.981. The second-order valence-corrected chi connectivity index (χ2v) is 4.12. The molecule has 0 amide bonds. The van der Waals surface area contributed by atoms with Crippen molar-refractivity contribution >= 4 is 17.0 Å². The lowest BCUT2D eigenvalue weighted by Gasteiger charge is -1.98. The summed E-state index contributed by atoms with van der Waals surface area (Å²) in [5.41, 5.74) is 0.604. The van der Waals surface area contributed by atoms with E-state index in [-0.39, 0.29) is 6.10 Å². The normalized spacial score (nSPS) is 20.9. The molecule has 0 spiro atoms. The summed E-state index contributed by atoms with van der Waals surface area (Å²) in [4.78, 5) is 0.916. The van der Waals surface area contributed by atoms with E-state index in [1.165, 1.54) is 11.3 Å². The number of ether oxygens (including phenoxy) is 2. The van der Waals surface area contributed by atoms with Crippen molar-refractivity contribution in [2.75, 3.05) is 13.2 Å². The summed E-state index contributed by atoms with van der Waals surface area (Å²) < 4.78 is 10.5. The molecule has 0 bridgehead atoms. The lowest BCUT2D eigenvalue weighted by atomic mass is 10.3. The van der Waals surface area contributed by atoms with Crippen LogP contribution in [0.25, 0.3) is 0 Å². The second-order valence-electron chi connectivity index (χ2n) is 3.07. The van der Waals surface area contributed by atoms with Crippen molar-refractivity contribution in [2.24, 2.45) is 5.16 Å². The first-order valence-corrected chi connectivity index (χ1v) is 5.14. The number of hydrogen-bond donors (Lipinski definition) is 1. The van der Waals surface area contributed by atoms with Gasteiger partial charge in [-0.15, -0.1) is 0 Å². The number of hydrogen-bond acceptors (Lipinski definition) is 5. The second kappa shape index (κ2) is 3.98. The first-order valence-electron chi connectivity index (χ1n) is 4.33. The zero-order chi connectivity index (χ0) is 9.97. The maximum atomic E-state index is 8.56. The Kier molecular flexibility index (Phi) is 2.69. The third-order valence-electron chi connectivity index (χ3n) is 1.90. The molecule has 4 nitrogen and oxygen atoms in total. The van der Waals surface area contributed by atoms with Gasteiger partial charge in [0.2, 0.25) is 0 Å². The molecule has 0 aliphatic carbocycles. The summed E-state index contributed by atoms with van der Waals surface area (Å²) in [6.45, 7) is 3.16. The standard InChI is InChI=1S/C9H11NO3S/c1-6(10-11)8-2-3-9(14-8)13-5-7-4-12-7/h2-3,7,11H,4-5H2,1H3. The van der Waals surface area contributed by atoms with Gasteiger partial charge in [0.05, 0.1) is 17.2 Å². The molecule has 0 aromatic carbocycles. The van der Waals surface area contributed by atoms with Gasteiger partial charge in [0, 0.05) is 0 Å². The summed E-state index contributed by atoms with van der Waals surface area (Å²) in [5, 5.41) is 12.5. The van der Waals surface area contributed by atoms with Crippen LogP contribution in [0.15, 0.2) is 17.3 Å². The van der Waals surface area contributed by atoms with Crippen LogP contribution in [0.4, 0.5) is 0 Å². The first kappa shape index (κ1) is 9.48. The molecule has 76 valence electrons. The Morgan fingerprint density at radius 3 is 3.21 bits per heavy atom. The van der Waals surface area contributed by atoms with E-state index in [1.807, 2.05) is 12.1 Å². The van der Waals surface area contributed by atoms with Crippen LogP contribution in [0, 0.1) is 0 Å². The van der Waals surface area contributed by atoms with Gasteiger partial charge in [0.25, 0.3) is 0 Å². The Morgan fingerprint density at radius 1 is 1.79 bits per heavy atom. The van der Waals surface area contributed by atoms with Crippen molar-refractivity contribution in [1.29, 1.82) is 0 Å². The van der Waals surface area contributed by atoms with E-state index in [2.05, 4.69) is 5.16 Å². The van der Waals surface area contributed by atoms with Crippen molar-refractivity contribution in [1.82, 2.24) is 0 Å². The highest BCUT2D eigenvalue weighted by molar-refractivity contribution is 7.15. The molecule has 1 aromatic heterocycles. The molecule has 14 heavy (non-hydrogen) atoms. The minimum absolute atomic E-state index is 0.271. The predicted octanol–water partition coefficient (Wildman–Crippen LogP) is 1.72. The third kappa shape index (κ3) is 2.24. The molecule has 1 saturated heterocycles. The molecule has 0 radical (unpaired) electrons. The maximum Gasteiger partial charge on any atom is 0.174 e. The number of epoxide rings is 1. The van der Waals surface area contributed by atoms with Crippen molar-refractivity contribution in [3.05, 3.63) is 17.0 Å². The van der Waals surface area contributed by atoms with Crippen LogP contribution in [0.1, 0.15) is 11.8 Å². The highest BCUT2D eigenvalue weighted by Gasteiger charge is 2.23. The smallest absolute Gasteiger partial charge is 0.174 e. The van der Waals surface area contributed by atoms with Crippen LogP contribution < -0.4 is 4.74 Å². The van der Waals surface area contributed by atoms with Crippen molar-refractivity contribution in [2.45, 2.75) is 13.0 Å². The van der Waals surface area contributed by atoms with E-state index >= 15 is 0 Å². The zero-order valence-electron chi connectivity index (χ0n) is 7.77. The largest absolute Gasteiger partial charge is 0.481 e. The average Bonchev–Trinajstić information content (AvgIpc) is 2.92. The van der Waals surface area contributed by atoms with Gasteiger partial charge in [0.15, 0.2) is 5.06 Å². The van der Waals surface area contributed by atoms with Crippen LogP contribution in [0.5, 0.6) is 5.06 Å². The van der Waals surface area contributed by atoms with Crippen molar-refractivity contribution in [3.8, 4) is 5.06 Å². The van der Waals surface area contributed by atoms with E-state index in [9.17, 15) is 0 Å². The lowest BCUT2D eigenvalue weighted by Crippen LogP contribution is -2.02. The molecule has 5 heteroatoms. The number of oxime groups is 1. The average molecular weight is 213 g/mol. The van der Waals surface area contributed by atoms with Crippen LogP contribution in [-0.4, -0.2) is 30.2 Å². The van der Waals surface area contributed by atoms with Gasteiger partial charge in [-0.25, -0.2) is 0 Å². The fraction of sp³-hybridized carbons (Fsp3) is 0.444. The Balaban J connectivity index is 1.94. The summed E-state index contributed by atoms with van der Waals surface area (Å²) in [6.07, 6.45) is 0.271. The van der Waals surface area contributed by atoms with Gasteiger partial charge < -0.3 is 14.7 Å². The maximum absolute atomic E-state index is 8.56. The minimum atomic E-state index is 0.271. The number of thiophene rings is 1. The van der Waals surface area contributed by atoms with Crippen molar-refractivity contribution < 1.29 is 14.7 Å². The zero-order valence-corrected chi connectivity index (χ0v) is 8.58. The van der Waals surface area contributed by atoms with Gasteiger partial charge in [-0.1, -0.05) is 16.5 Å². The van der Waals surface area contributed by atoms with Crippen molar-refractivity contribution in [3.63, 3.8) is 0 Å². The third-order valence-corrected chi connectivity index (χ3v) is 3.01. The van der Waals surface area contributed by atoms with E-state index in [0.29, 0.717) is 12.3 Å². The summed E-state index contributed by atoms with van der Waals surface area (Å²) in [5.74, 6) is 0. The molecule has 0 saturated carbocycles. The summed E-state index contributed by atoms with van der Waals surface area (Å²) in [6, 6.07) is 3.75. The number of rotatable bonds is 4. The molecule has 1 aromatic rings. The monoisotopic (exact) mass is 213 g/mol. The summed E-state index contributed by atoms with van der Waals surface area (Å²) in [7, 11) is 0. The van der Waals surface area contributed by atoms with Gasteiger partial charge in [0.1, 0.15) is 12.7 Å². The van der Waals surface area contributed by atoms with Crippen LogP contribution in [-0.2, 0) is 4.74 Å². The van der Waals surface area contributed by atoms with Gasteiger partial charge in [-0.05, 0) is 19.1 Å². The topological polar surface area (TPSA) is 54.4 Å². The van der Waals surface area contributed by atoms with Crippen LogP contribution >= 0.6 is 11.3 Å². The number of nitrogens with zero attached hydrogens (tertiary/aromatic N) is 1. The quantitative estimate of drug-likeness (QED) is 0.358. The Morgan fingerprint density at radius 2 is 2.57 bits per heavy atom. The fourth-order valence-corrected chi connectivity index (χ4v) is 1.79. The lowest BCUT2D eigenvalue weighted by molar-refractivity contribution is 0.269. The summed E-state index contributed by atoms with van der Waals surface area (Å²) >= 11 is 1.47. The van der Waals surface area contributed by atoms with E-state index < -0.39 is 0 Å². The van der Waals surface area contributed by atoms with Crippen LogP contribution in [0.3, 0.4) is 0 Å².